The summed E-state index contributed by atoms with van der Waals surface area (Å²) >= 11 is 0. The number of nitrogens with zero attached hydrogens (tertiary/aromatic N) is 1. The van der Waals surface area contributed by atoms with Gasteiger partial charge in [0.25, 0.3) is 0 Å². The molecule has 5 rings (SSSR count). The van der Waals surface area contributed by atoms with Crippen molar-refractivity contribution >= 4 is 39.8 Å². The van der Waals surface area contributed by atoms with Gasteiger partial charge in [-0.3, -0.25) is 28.9 Å². The van der Waals surface area contributed by atoms with Crippen LogP contribution in [0.15, 0.2) is 18.2 Å². The number of carbonyl (C=O) groups is 5. The van der Waals surface area contributed by atoms with E-state index in [-0.39, 0.29) is 30.4 Å². The van der Waals surface area contributed by atoms with Gasteiger partial charge in [0.1, 0.15) is 11.5 Å². The first-order valence-electron chi connectivity index (χ1n) is 12.2. The van der Waals surface area contributed by atoms with E-state index < -0.39 is 70.1 Å². The molecule has 2 fully saturated rings. The Morgan fingerprint density at radius 2 is 1.84 bits per heavy atom. The van der Waals surface area contributed by atoms with E-state index in [1.807, 2.05) is 0 Å². The van der Waals surface area contributed by atoms with Gasteiger partial charge in [-0.05, 0) is 44.5 Å². The first kappa shape index (κ1) is 26.0. The number of Topliss-reactive ketones (excluding diaryl/α,β-unsaturated/α-hetero) is 4. The summed E-state index contributed by atoms with van der Waals surface area (Å²) in [5.74, 6) is -10.8. The van der Waals surface area contributed by atoms with Crippen molar-refractivity contribution in [3.8, 4) is 11.5 Å². The van der Waals surface area contributed by atoms with Crippen LogP contribution in [-0.4, -0.2) is 82.1 Å². The van der Waals surface area contributed by atoms with Gasteiger partial charge in [0.05, 0.1) is 31.2 Å². The van der Waals surface area contributed by atoms with E-state index in [1.165, 1.54) is 32.2 Å². The van der Waals surface area contributed by atoms with Crippen molar-refractivity contribution in [2.75, 3.05) is 21.2 Å². The number of ether oxygens (including phenoxy) is 1. The van der Waals surface area contributed by atoms with Gasteiger partial charge in [-0.15, -0.1) is 0 Å². The van der Waals surface area contributed by atoms with E-state index in [4.69, 9.17) is 10.5 Å². The third-order valence-corrected chi connectivity index (χ3v) is 8.44. The summed E-state index contributed by atoms with van der Waals surface area (Å²) in [6, 6.07) is 3.66. The topological polar surface area (TPSA) is 185 Å². The zero-order valence-corrected chi connectivity index (χ0v) is 21.1. The molecule has 2 saturated carbocycles. The van der Waals surface area contributed by atoms with Crippen molar-refractivity contribution in [3.63, 3.8) is 0 Å². The number of likely N-dealkylation sites (N-methyl/N-ethyl adjacent to an activating group) is 1. The molecule has 1 amide bonds. The van der Waals surface area contributed by atoms with Gasteiger partial charge in [0, 0.05) is 22.3 Å². The summed E-state index contributed by atoms with van der Waals surface area (Å²) in [5.41, 5.74) is 3.25. The summed E-state index contributed by atoms with van der Waals surface area (Å²) in [4.78, 5) is 67.8. The van der Waals surface area contributed by atoms with Crippen molar-refractivity contribution in [2.24, 2.45) is 29.4 Å². The standard InChI is InChI=1S/C27H28N2O9/c1-29(2)19-15-8-11-7-14-17(20(31)13-6-10(9-30)4-5-12(13)23(14)38-3)21(32)16(11)24(34)27(15,37)25(35)18(22(19)33)26(28)36/h4-6,11,15-16,18-19,30-31,37H,7-9H2,1-3H3,(H2,28,36). The molecule has 6 unspecified atom stereocenters. The molecule has 2 aromatic rings. The Labute approximate surface area is 217 Å². The van der Waals surface area contributed by atoms with Crippen molar-refractivity contribution in [1.29, 1.82) is 0 Å². The number of ketones is 4. The number of phenolic OH excluding ortho intramolecular Hbond substituents is 1. The molecule has 0 radical (unpaired) electrons. The highest BCUT2D eigenvalue weighted by atomic mass is 16.5. The van der Waals surface area contributed by atoms with E-state index >= 15 is 0 Å². The first-order valence-corrected chi connectivity index (χ1v) is 12.2. The lowest BCUT2D eigenvalue weighted by Crippen LogP contribution is -2.74. The maximum atomic E-state index is 13.9. The summed E-state index contributed by atoms with van der Waals surface area (Å²) in [7, 11) is 4.48. The second-order valence-electron chi connectivity index (χ2n) is 10.6. The Kier molecular flexibility index (Phi) is 5.93. The van der Waals surface area contributed by atoms with Gasteiger partial charge in [-0.2, -0.15) is 0 Å². The first-order chi connectivity index (χ1) is 17.9. The molecule has 3 aliphatic carbocycles. The maximum absolute atomic E-state index is 13.9. The number of amides is 1. The Balaban J connectivity index is 1.71. The van der Waals surface area contributed by atoms with E-state index in [2.05, 4.69) is 0 Å². The summed E-state index contributed by atoms with van der Waals surface area (Å²) in [5, 5.41) is 33.1. The van der Waals surface area contributed by atoms with Crippen LogP contribution in [0.25, 0.3) is 10.8 Å². The third kappa shape index (κ3) is 3.22. The highest BCUT2D eigenvalue weighted by molar-refractivity contribution is 6.32. The molecule has 11 heteroatoms. The highest BCUT2D eigenvalue weighted by Gasteiger charge is 2.69. The number of hydrogen-bond donors (Lipinski definition) is 4. The fourth-order valence-electron chi connectivity index (χ4n) is 6.81. The minimum absolute atomic E-state index is 0.0463. The maximum Gasteiger partial charge on any atom is 0.235 e. The quantitative estimate of drug-likeness (QED) is 0.381. The lowest BCUT2D eigenvalue weighted by Gasteiger charge is -2.52. The van der Waals surface area contributed by atoms with E-state index in [9.17, 15) is 39.3 Å². The molecule has 3 aliphatic rings. The van der Waals surface area contributed by atoms with Gasteiger partial charge in [0.2, 0.25) is 5.91 Å². The van der Waals surface area contributed by atoms with Crippen LogP contribution in [0.4, 0.5) is 0 Å². The van der Waals surface area contributed by atoms with Crippen LogP contribution in [-0.2, 0) is 32.2 Å². The zero-order valence-electron chi connectivity index (χ0n) is 21.1. The van der Waals surface area contributed by atoms with Crippen molar-refractivity contribution in [1.82, 2.24) is 4.90 Å². The predicted octanol–water partition coefficient (Wildman–Crippen LogP) is -0.479. The zero-order chi connectivity index (χ0) is 27.8. The fraction of sp³-hybridized carbons (Fsp3) is 0.444. The molecule has 0 spiro atoms. The van der Waals surface area contributed by atoms with Crippen LogP contribution in [0.2, 0.25) is 0 Å². The molecule has 0 bridgehead atoms. The molecular formula is C27H28N2O9. The van der Waals surface area contributed by atoms with Gasteiger partial charge in [-0.1, -0.05) is 12.1 Å². The molecule has 0 saturated heterocycles. The normalized spacial score (nSPS) is 30.7. The second-order valence-corrected chi connectivity index (χ2v) is 10.6. The van der Waals surface area contributed by atoms with Gasteiger partial charge < -0.3 is 25.8 Å². The lowest BCUT2D eigenvalue weighted by atomic mass is 9.52. The number of carbonyl (C=O) groups excluding carboxylic acids is 5. The van der Waals surface area contributed by atoms with Crippen LogP contribution in [0.1, 0.15) is 27.9 Å². The van der Waals surface area contributed by atoms with Crippen LogP contribution >= 0.6 is 0 Å². The predicted molar refractivity (Wildman–Crippen MR) is 131 cm³/mol. The Hall–Kier alpha value is -3.67. The largest absolute Gasteiger partial charge is 0.507 e. The van der Waals surface area contributed by atoms with Crippen LogP contribution in [0.5, 0.6) is 11.5 Å². The van der Waals surface area contributed by atoms with Gasteiger partial charge in [-0.25, -0.2) is 0 Å². The van der Waals surface area contributed by atoms with Crippen LogP contribution in [0.3, 0.4) is 0 Å². The number of rotatable bonds is 4. The summed E-state index contributed by atoms with van der Waals surface area (Å²) < 4.78 is 5.64. The SMILES string of the molecule is COc1c2c(c(O)c3cc(CO)ccc13)C(=O)C1C(=O)C3(O)C(=O)C(C(N)=O)C(=O)C(N(C)C)C3CC1C2. The van der Waals surface area contributed by atoms with Gasteiger partial charge >= 0.3 is 0 Å². The average Bonchev–Trinajstić information content (AvgIpc) is 2.86. The van der Waals surface area contributed by atoms with Crippen molar-refractivity contribution < 1.29 is 44.0 Å². The number of primary amides is 1. The molecule has 0 aliphatic heterocycles. The van der Waals surface area contributed by atoms with E-state index in [1.54, 1.807) is 12.1 Å². The van der Waals surface area contributed by atoms with Gasteiger partial charge in [0.15, 0.2) is 34.7 Å². The minimum Gasteiger partial charge on any atom is -0.507 e. The Morgan fingerprint density at radius 1 is 1.16 bits per heavy atom. The van der Waals surface area contributed by atoms with E-state index in [0.717, 1.165) is 0 Å². The molecule has 38 heavy (non-hydrogen) atoms. The molecule has 6 atom stereocenters. The Morgan fingerprint density at radius 3 is 2.42 bits per heavy atom. The second kappa shape index (κ2) is 8.69. The summed E-state index contributed by atoms with van der Waals surface area (Å²) in [6.07, 6.45) is 0.0512. The van der Waals surface area contributed by atoms with Crippen molar-refractivity contribution in [2.45, 2.75) is 31.1 Å². The van der Waals surface area contributed by atoms with E-state index in [0.29, 0.717) is 22.3 Å². The molecule has 2 aromatic carbocycles. The minimum atomic E-state index is -2.78. The number of benzene rings is 2. The monoisotopic (exact) mass is 524 g/mol. The molecule has 11 nitrogen and oxygen atoms in total. The fourth-order valence-corrected chi connectivity index (χ4v) is 6.81. The number of aliphatic hydroxyl groups is 2. The molecule has 0 heterocycles. The summed E-state index contributed by atoms with van der Waals surface area (Å²) in [6.45, 7) is -0.310. The van der Waals surface area contributed by atoms with Crippen LogP contribution < -0.4 is 10.5 Å². The number of nitrogens with two attached hydrogens (primary N) is 1. The molecular weight excluding hydrogens is 496 g/mol. The smallest absolute Gasteiger partial charge is 0.235 e. The Bertz CT molecular complexity index is 1450. The number of methoxy groups -OCH3 is 1. The highest BCUT2D eigenvalue weighted by Crippen LogP contribution is 2.53. The average molecular weight is 525 g/mol. The molecule has 5 N–H and O–H groups in total. The number of phenols is 1. The number of hydrogen-bond acceptors (Lipinski definition) is 10. The lowest BCUT2D eigenvalue weighted by molar-refractivity contribution is -0.181. The molecule has 200 valence electrons. The third-order valence-electron chi connectivity index (χ3n) is 8.44. The van der Waals surface area contributed by atoms with Crippen LogP contribution in [0, 0.1) is 23.7 Å². The number of aliphatic hydroxyl groups excluding tert-OH is 1. The number of fused-ring (bicyclic) bond motifs is 4. The number of aromatic hydroxyl groups is 1. The van der Waals surface area contributed by atoms with Crippen molar-refractivity contribution in [3.05, 3.63) is 34.9 Å². The molecule has 0 aromatic heterocycles.